The Labute approximate surface area is 109 Å². The maximum absolute atomic E-state index is 11.0. The molecule has 6 heteroatoms. The predicted molar refractivity (Wildman–Crippen MR) is 51.3 cm³/mol. The van der Waals surface area contributed by atoms with Crippen LogP contribution in [0.5, 0.6) is 0 Å². The molecule has 0 aromatic carbocycles. The average Bonchev–Trinajstić information content (AvgIpc) is 2.16. The number of pyridine rings is 1. The van der Waals surface area contributed by atoms with E-state index in [2.05, 4.69) is 10.3 Å². The molecule has 0 fully saturated rings. The first-order valence-electron chi connectivity index (χ1n) is 3.84. The number of hydrogen-bond donors (Lipinski definition) is 1. The third kappa shape index (κ3) is 6.01. The van der Waals surface area contributed by atoms with Crippen molar-refractivity contribution in [3.63, 3.8) is 0 Å². The number of anilines is 1. The summed E-state index contributed by atoms with van der Waals surface area (Å²) in [4.78, 5) is 25.1. The molecule has 1 aromatic heterocycles. The summed E-state index contributed by atoms with van der Waals surface area (Å²) in [5.74, 6) is -0.995. The molecule has 1 heterocycles. The molecule has 0 aliphatic carbocycles. The minimum atomic E-state index is -0.916. The van der Waals surface area contributed by atoms with Crippen molar-refractivity contribution in [3.05, 3.63) is 42.3 Å². The summed E-state index contributed by atoms with van der Waals surface area (Å²) in [6, 6.07) is 5.06. The Morgan fingerprint density at radius 2 is 2.07 bits per heavy atom. The fourth-order valence-corrected chi connectivity index (χ4v) is 0.756. The van der Waals surface area contributed by atoms with Crippen LogP contribution in [-0.2, 0) is 9.59 Å². The second kappa shape index (κ2) is 7.17. The Bertz CT molecular complexity index is 365. The van der Waals surface area contributed by atoms with Gasteiger partial charge in [0.2, 0.25) is 5.91 Å². The van der Waals surface area contributed by atoms with Gasteiger partial charge in [0.1, 0.15) is 5.82 Å². The zero-order chi connectivity index (χ0) is 10.4. The standard InChI is InChI=1S/C9H9N3O2.Na/c10-7(13)4-5-9(14)12-8-3-1-2-6-11-8;/h1-6H,(H3,10,11,12,13,14);/q;+1/p-1/b5-4-;. The molecule has 0 aliphatic rings. The summed E-state index contributed by atoms with van der Waals surface area (Å²) in [6.07, 6.45) is 3.40. The summed E-state index contributed by atoms with van der Waals surface area (Å²) in [6.45, 7) is 0. The van der Waals surface area contributed by atoms with E-state index in [1.165, 1.54) is 6.20 Å². The first kappa shape index (κ1) is 13.8. The zero-order valence-electron chi connectivity index (χ0n) is 8.23. The van der Waals surface area contributed by atoms with Crippen molar-refractivity contribution < 1.29 is 39.1 Å². The number of nitrogens with one attached hydrogen (secondary N) is 2. The summed E-state index contributed by atoms with van der Waals surface area (Å²) in [7, 11) is 0. The van der Waals surface area contributed by atoms with E-state index >= 15 is 0 Å². The van der Waals surface area contributed by atoms with Gasteiger partial charge >= 0.3 is 29.6 Å². The fourth-order valence-electron chi connectivity index (χ4n) is 0.756. The van der Waals surface area contributed by atoms with Crippen molar-refractivity contribution in [3.8, 4) is 0 Å². The van der Waals surface area contributed by atoms with Gasteiger partial charge in [-0.3, -0.25) is 4.79 Å². The molecular formula is C9H8N3NaO2. The Balaban J connectivity index is 0.00000196. The summed E-state index contributed by atoms with van der Waals surface area (Å²) in [5.41, 5.74) is 6.53. The van der Waals surface area contributed by atoms with Crippen LogP contribution in [0.15, 0.2) is 36.5 Å². The molecule has 0 aliphatic heterocycles. The second-order valence-electron chi connectivity index (χ2n) is 2.40. The molecule has 0 bridgehead atoms. The number of aromatic nitrogens is 1. The maximum Gasteiger partial charge on any atom is 1.00 e. The molecule has 0 saturated carbocycles. The van der Waals surface area contributed by atoms with Gasteiger partial charge in [0, 0.05) is 12.3 Å². The third-order valence-electron chi connectivity index (χ3n) is 1.30. The molecule has 1 aromatic rings. The van der Waals surface area contributed by atoms with Crippen molar-refractivity contribution >= 4 is 17.6 Å². The summed E-state index contributed by atoms with van der Waals surface area (Å²) >= 11 is 0. The molecular weight excluding hydrogens is 205 g/mol. The third-order valence-corrected chi connectivity index (χ3v) is 1.30. The van der Waals surface area contributed by atoms with E-state index in [-0.39, 0.29) is 29.6 Å². The molecule has 15 heavy (non-hydrogen) atoms. The summed E-state index contributed by atoms with van der Waals surface area (Å²) in [5, 5.41) is 2.42. The molecule has 72 valence electrons. The van der Waals surface area contributed by atoms with Crippen LogP contribution in [0.25, 0.3) is 5.73 Å². The molecule has 1 rings (SSSR count). The van der Waals surface area contributed by atoms with Gasteiger partial charge in [0.25, 0.3) is 0 Å². The van der Waals surface area contributed by atoms with Crippen LogP contribution in [0.1, 0.15) is 0 Å². The molecule has 0 saturated heterocycles. The van der Waals surface area contributed by atoms with E-state index in [1.807, 2.05) is 0 Å². The number of nitrogens with zero attached hydrogens (tertiary/aromatic N) is 1. The number of amides is 2. The van der Waals surface area contributed by atoms with Gasteiger partial charge in [-0.2, -0.15) is 0 Å². The molecule has 0 radical (unpaired) electrons. The minimum absolute atomic E-state index is 0. The van der Waals surface area contributed by atoms with E-state index in [0.29, 0.717) is 5.82 Å². The number of rotatable bonds is 3. The van der Waals surface area contributed by atoms with Gasteiger partial charge in [-0.05, 0) is 18.2 Å². The van der Waals surface area contributed by atoms with Crippen molar-refractivity contribution in [1.82, 2.24) is 4.98 Å². The van der Waals surface area contributed by atoms with Crippen LogP contribution in [0.3, 0.4) is 0 Å². The maximum atomic E-state index is 11.0. The van der Waals surface area contributed by atoms with E-state index in [4.69, 9.17) is 5.73 Å². The zero-order valence-corrected chi connectivity index (χ0v) is 10.2. The number of carbonyl (C=O) groups excluding carboxylic acids is 2. The first-order valence-corrected chi connectivity index (χ1v) is 3.84. The molecule has 0 spiro atoms. The van der Waals surface area contributed by atoms with Gasteiger partial charge < -0.3 is 15.8 Å². The molecule has 2 amide bonds. The van der Waals surface area contributed by atoms with Gasteiger partial charge in [-0.25, -0.2) is 4.98 Å². The number of carbonyl (C=O) groups is 2. The normalized spacial score (nSPS) is 9.33. The second-order valence-corrected chi connectivity index (χ2v) is 2.40. The molecule has 5 nitrogen and oxygen atoms in total. The van der Waals surface area contributed by atoms with Crippen LogP contribution in [0.4, 0.5) is 5.82 Å². The van der Waals surface area contributed by atoms with Crippen molar-refractivity contribution in [2.45, 2.75) is 0 Å². The SMILES string of the molecule is [NH-]C(=O)/C=C\C(=O)Nc1ccccn1.[Na+]. The minimum Gasteiger partial charge on any atom is -0.664 e. The molecule has 0 atom stereocenters. The number of hydrogen-bond acceptors (Lipinski definition) is 3. The van der Waals surface area contributed by atoms with Crippen LogP contribution in [0.2, 0.25) is 0 Å². The predicted octanol–water partition coefficient (Wildman–Crippen LogP) is -1.84. The molecule has 0 unspecified atom stereocenters. The Kier molecular flexibility index (Phi) is 6.61. The molecule has 2 N–H and O–H groups in total. The topological polar surface area (TPSA) is 82.9 Å². The van der Waals surface area contributed by atoms with Crippen LogP contribution in [-0.4, -0.2) is 16.8 Å². The fraction of sp³-hybridized carbons (Fsp3) is 0. The van der Waals surface area contributed by atoms with Crippen LogP contribution < -0.4 is 34.9 Å². The average molecular weight is 213 g/mol. The largest absolute Gasteiger partial charge is 1.00 e. The monoisotopic (exact) mass is 213 g/mol. The smallest absolute Gasteiger partial charge is 0.664 e. The van der Waals surface area contributed by atoms with E-state index in [0.717, 1.165) is 12.2 Å². The Morgan fingerprint density at radius 3 is 2.60 bits per heavy atom. The van der Waals surface area contributed by atoms with Gasteiger partial charge in [0.15, 0.2) is 0 Å². The van der Waals surface area contributed by atoms with Crippen LogP contribution >= 0.6 is 0 Å². The quantitative estimate of drug-likeness (QED) is 0.473. The van der Waals surface area contributed by atoms with Gasteiger partial charge in [-0.15, -0.1) is 0 Å². The summed E-state index contributed by atoms with van der Waals surface area (Å²) < 4.78 is 0. The van der Waals surface area contributed by atoms with Crippen LogP contribution in [0, 0.1) is 0 Å². The van der Waals surface area contributed by atoms with Gasteiger partial charge in [-0.1, -0.05) is 6.07 Å². The van der Waals surface area contributed by atoms with Crippen molar-refractivity contribution in [1.29, 1.82) is 0 Å². The Hall–Kier alpha value is -1.17. The van der Waals surface area contributed by atoms with E-state index in [1.54, 1.807) is 18.2 Å². The van der Waals surface area contributed by atoms with E-state index < -0.39 is 11.8 Å². The van der Waals surface area contributed by atoms with Gasteiger partial charge in [0.05, 0.1) is 5.91 Å². The van der Waals surface area contributed by atoms with Crippen molar-refractivity contribution in [2.75, 3.05) is 5.32 Å². The van der Waals surface area contributed by atoms with E-state index in [9.17, 15) is 9.59 Å². The Morgan fingerprint density at radius 1 is 1.33 bits per heavy atom. The van der Waals surface area contributed by atoms with Crippen molar-refractivity contribution in [2.24, 2.45) is 0 Å². The first-order chi connectivity index (χ1) is 6.68.